The third kappa shape index (κ3) is 10.1. The van der Waals surface area contributed by atoms with Crippen LogP contribution in [0.4, 0.5) is 0 Å². The summed E-state index contributed by atoms with van der Waals surface area (Å²) in [5, 5.41) is 22.0. The van der Waals surface area contributed by atoms with Crippen LogP contribution in [-0.2, 0) is 11.2 Å². The van der Waals surface area contributed by atoms with E-state index in [2.05, 4.69) is 35.4 Å². The van der Waals surface area contributed by atoms with Crippen molar-refractivity contribution in [3.8, 4) is 11.8 Å². The van der Waals surface area contributed by atoms with Crippen LogP contribution in [0.3, 0.4) is 0 Å². The third-order valence-electron chi connectivity index (χ3n) is 4.45. The quantitative estimate of drug-likeness (QED) is 0.428. The summed E-state index contributed by atoms with van der Waals surface area (Å²) in [6.45, 7) is 5.59. The molecule has 0 saturated carbocycles. The Labute approximate surface area is 169 Å². The van der Waals surface area contributed by atoms with E-state index >= 15 is 0 Å². The molecule has 0 fully saturated rings. The van der Waals surface area contributed by atoms with Gasteiger partial charge in [0.05, 0.1) is 12.7 Å². The van der Waals surface area contributed by atoms with Crippen LogP contribution in [0.2, 0.25) is 0 Å². The van der Waals surface area contributed by atoms with Gasteiger partial charge in [0.15, 0.2) is 0 Å². The molecule has 0 radical (unpaired) electrons. The van der Waals surface area contributed by atoms with Crippen LogP contribution in [0.5, 0.6) is 0 Å². The number of rotatable bonds is 10. The Morgan fingerprint density at radius 2 is 1.96 bits per heavy atom. The highest BCUT2D eigenvalue weighted by Crippen LogP contribution is 2.15. The van der Waals surface area contributed by atoms with Crippen molar-refractivity contribution in [2.45, 2.75) is 58.6 Å². The van der Waals surface area contributed by atoms with Gasteiger partial charge in [-0.1, -0.05) is 61.2 Å². The summed E-state index contributed by atoms with van der Waals surface area (Å²) in [5.41, 5.74) is 2.26. The van der Waals surface area contributed by atoms with Gasteiger partial charge in [0, 0.05) is 24.8 Å². The maximum absolute atomic E-state index is 11.5. The van der Waals surface area contributed by atoms with Crippen molar-refractivity contribution in [3.63, 3.8) is 0 Å². The molecule has 4 nitrogen and oxygen atoms in total. The van der Waals surface area contributed by atoms with E-state index in [1.165, 1.54) is 5.56 Å². The summed E-state index contributed by atoms with van der Waals surface area (Å²) < 4.78 is 0. The summed E-state index contributed by atoms with van der Waals surface area (Å²) in [4.78, 5) is 11.5. The molecule has 0 heterocycles. The van der Waals surface area contributed by atoms with Gasteiger partial charge >= 0.3 is 0 Å². The zero-order valence-corrected chi connectivity index (χ0v) is 17.2. The standard InChI is InChI=1S/C24H33NO3/c1-19(12-7-4-5-10-17-23(27)25-21(3)18-26)24(28)20(2)13-11-16-22-14-8-6-9-15-22/h6-9,12-15,19,21,24,26,28H,10-11,16-18H2,1-3H3,(H,25,27)/b12-7+,20-13+/t19-,21+,24-/m1/s1. The van der Waals surface area contributed by atoms with Crippen molar-refractivity contribution in [2.24, 2.45) is 5.92 Å². The average Bonchev–Trinajstić information content (AvgIpc) is 2.70. The van der Waals surface area contributed by atoms with Crippen LogP contribution in [0.15, 0.2) is 54.1 Å². The van der Waals surface area contributed by atoms with E-state index in [-0.39, 0.29) is 24.5 Å². The molecule has 28 heavy (non-hydrogen) atoms. The number of benzene rings is 1. The summed E-state index contributed by atoms with van der Waals surface area (Å²) in [7, 11) is 0. The molecule has 0 unspecified atom stereocenters. The first kappa shape index (κ1) is 23.7. The van der Waals surface area contributed by atoms with E-state index in [1.807, 2.05) is 38.1 Å². The number of carbonyl (C=O) groups is 1. The van der Waals surface area contributed by atoms with Crippen LogP contribution in [0.1, 0.15) is 45.6 Å². The lowest BCUT2D eigenvalue weighted by Crippen LogP contribution is -2.34. The molecular formula is C24H33NO3. The van der Waals surface area contributed by atoms with Crippen molar-refractivity contribution in [2.75, 3.05) is 6.61 Å². The summed E-state index contributed by atoms with van der Waals surface area (Å²) in [5.74, 6) is 5.69. The van der Waals surface area contributed by atoms with Gasteiger partial charge < -0.3 is 15.5 Å². The first-order chi connectivity index (χ1) is 13.4. The largest absolute Gasteiger partial charge is 0.394 e. The number of aliphatic hydroxyl groups excluding tert-OH is 2. The number of aliphatic hydroxyl groups is 2. The molecule has 1 aromatic rings. The first-order valence-corrected chi connectivity index (χ1v) is 9.88. The molecule has 152 valence electrons. The normalized spacial score (nSPS) is 14.8. The van der Waals surface area contributed by atoms with Gasteiger partial charge in [-0.2, -0.15) is 0 Å². The molecule has 3 N–H and O–H groups in total. The highest BCUT2D eigenvalue weighted by Gasteiger charge is 2.12. The molecule has 0 aliphatic carbocycles. The average molecular weight is 384 g/mol. The minimum Gasteiger partial charge on any atom is -0.394 e. The zero-order chi connectivity index (χ0) is 20.8. The Balaban J connectivity index is 2.35. The van der Waals surface area contributed by atoms with E-state index < -0.39 is 6.10 Å². The Morgan fingerprint density at radius 1 is 1.25 bits per heavy atom. The predicted octanol–water partition coefficient (Wildman–Crippen LogP) is 3.40. The van der Waals surface area contributed by atoms with Gasteiger partial charge in [-0.25, -0.2) is 0 Å². The maximum atomic E-state index is 11.5. The second kappa shape index (κ2) is 13.8. The van der Waals surface area contributed by atoms with Gasteiger partial charge in [-0.15, -0.1) is 0 Å². The third-order valence-corrected chi connectivity index (χ3v) is 4.45. The Kier molecular flexibility index (Phi) is 11.6. The molecule has 0 spiro atoms. The number of hydrogen-bond acceptors (Lipinski definition) is 3. The number of amides is 1. The monoisotopic (exact) mass is 383 g/mol. The van der Waals surface area contributed by atoms with Crippen LogP contribution < -0.4 is 5.32 Å². The fourth-order valence-electron chi connectivity index (χ4n) is 2.65. The summed E-state index contributed by atoms with van der Waals surface area (Å²) >= 11 is 0. The molecular weight excluding hydrogens is 350 g/mol. The van der Waals surface area contributed by atoms with Crippen molar-refractivity contribution in [1.82, 2.24) is 5.32 Å². The van der Waals surface area contributed by atoms with Crippen LogP contribution in [0.25, 0.3) is 0 Å². The Bertz CT molecular complexity index is 698. The van der Waals surface area contributed by atoms with E-state index in [1.54, 1.807) is 13.0 Å². The van der Waals surface area contributed by atoms with Crippen molar-refractivity contribution in [1.29, 1.82) is 0 Å². The summed E-state index contributed by atoms with van der Waals surface area (Å²) in [6.07, 6.45) is 7.83. The van der Waals surface area contributed by atoms with Gasteiger partial charge in [-0.3, -0.25) is 4.79 Å². The second-order valence-corrected chi connectivity index (χ2v) is 7.11. The van der Waals surface area contributed by atoms with Gasteiger partial charge in [-0.05, 0) is 43.9 Å². The van der Waals surface area contributed by atoms with Crippen LogP contribution in [0, 0.1) is 17.8 Å². The van der Waals surface area contributed by atoms with Crippen molar-refractivity contribution >= 4 is 5.91 Å². The molecule has 0 aromatic heterocycles. The lowest BCUT2D eigenvalue weighted by atomic mass is 9.96. The maximum Gasteiger partial charge on any atom is 0.221 e. The molecule has 3 atom stereocenters. The molecule has 0 bridgehead atoms. The second-order valence-electron chi connectivity index (χ2n) is 7.11. The van der Waals surface area contributed by atoms with E-state index in [0.717, 1.165) is 18.4 Å². The molecule has 1 rings (SSSR count). The Hall–Kier alpha value is -2.35. The molecule has 1 aromatic carbocycles. The molecule has 0 saturated heterocycles. The van der Waals surface area contributed by atoms with Gasteiger partial charge in [0.25, 0.3) is 0 Å². The zero-order valence-electron chi connectivity index (χ0n) is 17.2. The minimum atomic E-state index is -0.528. The highest BCUT2D eigenvalue weighted by atomic mass is 16.3. The fourth-order valence-corrected chi connectivity index (χ4v) is 2.65. The lowest BCUT2D eigenvalue weighted by molar-refractivity contribution is -0.121. The number of hydrogen-bond donors (Lipinski definition) is 3. The number of carbonyl (C=O) groups excluding carboxylic acids is 1. The molecule has 0 aliphatic rings. The smallest absolute Gasteiger partial charge is 0.221 e. The van der Waals surface area contributed by atoms with Crippen molar-refractivity contribution in [3.05, 3.63) is 59.7 Å². The van der Waals surface area contributed by atoms with E-state index in [0.29, 0.717) is 12.8 Å². The summed E-state index contributed by atoms with van der Waals surface area (Å²) in [6, 6.07) is 10.1. The van der Waals surface area contributed by atoms with E-state index in [9.17, 15) is 9.90 Å². The fraction of sp³-hybridized carbons (Fsp3) is 0.458. The van der Waals surface area contributed by atoms with Gasteiger partial charge in [0.2, 0.25) is 5.91 Å². The molecule has 4 heteroatoms. The number of nitrogens with one attached hydrogen (secondary N) is 1. The number of aryl methyl sites for hydroxylation is 1. The van der Waals surface area contributed by atoms with Crippen molar-refractivity contribution < 1.29 is 15.0 Å². The van der Waals surface area contributed by atoms with Crippen LogP contribution in [-0.4, -0.2) is 34.9 Å². The van der Waals surface area contributed by atoms with Gasteiger partial charge in [0.1, 0.15) is 0 Å². The number of allylic oxidation sites excluding steroid dienone is 2. The van der Waals surface area contributed by atoms with Crippen LogP contribution >= 0.6 is 0 Å². The minimum absolute atomic E-state index is 0.0315. The highest BCUT2D eigenvalue weighted by molar-refractivity contribution is 5.76. The molecule has 0 aliphatic heterocycles. The van der Waals surface area contributed by atoms with E-state index in [4.69, 9.17) is 5.11 Å². The molecule has 1 amide bonds. The Morgan fingerprint density at radius 3 is 2.64 bits per heavy atom. The first-order valence-electron chi connectivity index (χ1n) is 9.88. The SMILES string of the molecule is C/C(=C\CCc1ccccc1)[C@H](O)[C@H](C)/C=C/C#CCCC(=O)N[C@@H](C)CO. The topological polar surface area (TPSA) is 69.6 Å². The lowest BCUT2D eigenvalue weighted by Gasteiger charge is -2.16. The predicted molar refractivity (Wildman–Crippen MR) is 115 cm³/mol.